The van der Waals surface area contributed by atoms with Crippen molar-refractivity contribution >= 4 is 15.5 Å². The summed E-state index contributed by atoms with van der Waals surface area (Å²) in [6.45, 7) is 0.439. The lowest BCUT2D eigenvalue weighted by Crippen LogP contribution is -2.19. The Balaban J connectivity index is 1.24. The Bertz CT molecular complexity index is 1410. The molecule has 0 saturated carbocycles. The summed E-state index contributed by atoms with van der Waals surface area (Å²) in [4.78, 5) is 0. The number of nitrogens with one attached hydrogen (secondary N) is 2. The first-order valence-electron chi connectivity index (χ1n) is 13.2. The van der Waals surface area contributed by atoms with Gasteiger partial charge >= 0.3 is 15.5 Å². The summed E-state index contributed by atoms with van der Waals surface area (Å²) in [6.07, 6.45) is 0. The van der Waals surface area contributed by atoms with E-state index in [9.17, 15) is 9.13 Å². The molecular weight excluding hydrogens is 570 g/mol. The Morgan fingerprint density at radius 3 is 0.857 bits per heavy atom. The first-order chi connectivity index (χ1) is 20.5. The lowest BCUT2D eigenvalue weighted by Gasteiger charge is -2.21. The number of rotatable bonds is 14. The molecule has 0 saturated heterocycles. The summed E-state index contributed by atoms with van der Waals surface area (Å²) in [5, 5.41) is 5.90. The topological polar surface area (TPSA) is 95.1 Å². The van der Waals surface area contributed by atoms with E-state index in [4.69, 9.17) is 18.1 Å². The molecule has 0 heterocycles. The minimum absolute atomic E-state index is 0.220. The van der Waals surface area contributed by atoms with Crippen LogP contribution in [0.4, 0.5) is 0 Å². The molecule has 0 unspecified atom stereocenters. The highest BCUT2D eigenvalue weighted by Crippen LogP contribution is 2.46. The van der Waals surface area contributed by atoms with Gasteiger partial charge < -0.3 is 18.1 Å². The van der Waals surface area contributed by atoms with Crippen LogP contribution < -0.4 is 28.3 Å². The van der Waals surface area contributed by atoms with Gasteiger partial charge in [-0.2, -0.15) is 10.2 Å². The SMILES string of the molecule is O=P(NCc1ccc(CNP(=O)(Oc2ccccc2)Oc2ccccc2)cc1)(Oc1ccccc1)Oc1ccccc1. The maximum absolute atomic E-state index is 13.7. The summed E-state index contributed by atoms with van der Waals surface area (Å²) in [5.74, 6) is 1.69. The van der Waals surface area contributed by atoms with E-state index in [0.717, 1.165) is 11.1 Å². The van der Waals surface area contributed by atoms with Gasteiger partial charge in [0.15, 0.2) is 0 Å². The standard InChI is InChI=1S/C32H30N2O6P2/c35-41(37-29-13-5-1-6-14-29,38-30-15-7-2-8-16-30)33-25-27-21-23-28(24-22-27)26-34-42(36,39-31-17-9-3-10-18-31)40-32-19-11-4-12-20-32/h1-24H,25-26H2,(H,33,35)(H,34,36). The molecule has 10 heteroatoms. The Kier molecular flexibility index (Phi) is 9.75. The van der Waals surface area contributed by atoms with Crippen LogP contribution >= 0.6 is 15.5 Å². The first kappa shape index (κ1) is 29.2. The van der Waals surface area contributed by atoms with Gasteiger partial charge in [0.25, 0.3) is 0 Å². The minimum atomic E-state index is -3.77. The fourth-order valence-corrected chi connectivity index (χ4v) is 6.48. The second kappa shape index (κ2) is 14.0. The van der Waals surface area contributed by atoms with Crippen molar-refractivity contribution in [3.05, 3.63) is 157 Å². The van der Waals surface area contributed by atoms with Crippen LogP contribution in [0.25, 0.3) is 0 Å². The molecule has 5 rings (SSSR count). The minimum Gasteiger partial charge on any atom is -0.405 e. The molecule has 0 radical (unpaired) electrons. The van der Waals surface area contributed by atoms with E-state index in [-0.39, 0.29) is 13.1 Å². The largest absolute Gasteiger partial charge is 0.513 e. The van der Waals surface area contributed by atoms with E-state index in [1.807, 2.05) is 48.5 Å². The molecule has 0 atom stereocenters. The van der Waals surface area contributed by atoms with Crippen LogP contribution in [-0.4, -0.2) is 0 Å². The monoisotopic (exact) mass is 600 g/mol. The Morgan fingerprint density at radius 2 is 0.619 bits per heavy atom. The van der Waals surface area contributed by atoms with Crippen molar-refractivity contribution in [2.24, 2.45) is 0 Å². The second-order valence-electron chi connectivity index (χ2n) is 9.10. The highest BCUT2D eigenvalue weighted by Gasteiger charge is 2.29. The molecule has 0 fully saturated rings. The Labute approximate surface area is 245 Å². The van der Waals surface area contributed by atoms with Crippen molar-refractivity contribution in [3.63, 3.8) is 0 Å². The van der Waals surface area contributed by atoms with Gasteiger partial charge in [-0.15, -0.1) is 0 Å². The molecular formula is C32H30N2O6P2. The molecule has 214 valence electrons. The summed E-state index contributed by atoms with van der Waals surface area (Å²) in [6, 6.07) is 43.0. The van der Waals surface area contributed by atoms with Gasteiger partial charge in [0.05, 0.1) is 0 Å². The molecule has 42 heavy (non-hydrogen) atoms. The highest BCUT2D eigenvalue weighted by molar-refractivity contribution is 7.52. The van der Waals surface area contributed by atoms with Gasteiger partial charge in [0.1, 0.15) is 23.0 Å². The molecule has 2 N–H and O–H groups in total. The average molecular weight is 601 g/mol. The maximum atomic E-state index is 13.7. The smallest absolute Gasteiger partial charge is 0.405 e. The molecule has 0 aliphatic heterocycles. The zero-order valence-corrected chi connectivity index (χ0v) is 24.4. The maximum Gasteiger partial charge on any atom is 0.513 e. The molecule has 0 aromatic heterocycles. The molecule has 0 aliphatic carbocycles. The van der Waals surface area contributed by atoms with Crippen molar-refractivity contribution in [2.45, 2.75) is 13.1 Å². The third-order valence-electron chi connectivity index (χ3n) is 5.85. The molecule has 5 aromatic rings. The van der Waals surface area contributed by atoms with Gasteiger partial charge in [0.2, 0.25) is 0 Å². The molecule has 0 aliphatic rings. The van der Waals surface area contributed by atoms with E-state index in [0.29, 0.717) is 23.0 Å². The van der Waals surface area contributed by atoms with Gasteiger partial charge in [-0.3, -0.25) is 0 Å². The predicted molar refractivity (Wildman–Crippen MR) is 164 cm³/mol. The molecule has 8 nitrogen and oxygen atoms in total. The average Bonchev–Trinajstić information content (AvgIpc) is 3.01. The fourth-order valence-electron chi connectivity index (χ4n) is 3.80. The van der Waals surface area contributed by atoms with E-state index < -0.39 is 15.5 Å². The van der Waals surface area contributed by atoms with Crippen LogP contribution in [0, 0.1) is 0 Å². The summed E-state index contributed by atoms with van der Waals surface area (Å²) >= 11 is 0. The summed E-state index contributed by atoms with van der Waals surface area (Å²) in [7, 11) is -7.55. The molecule has 5 aromatic carbocycles. The fraction of sp³-hybridized carbons (Fsp3) is 0.0625. The van der Waals surface area contributed by atoms with Gasteiger partial charge in [-0.1, -0.05) is 97.1 Å². The summed E-state index contributed by atoms with van der Waals surface area (Å²) in [5.41, 5.74) is 1.69. The lowest BCUT2D eigenvalue weighted by atomic mass is 10.1. The normalized spacial score (nSPS) is 11.4. The van der Waals surface area contributed by atoms with Gasteiger partial charge in [-0.05, 0) is 59.7 Å². The van der Waals surface area contributed by atoms with Gasteiger partial charge in [0, 0.05) is 13.1 Å². The number of hydrogen-bond donors (Lipinski definition) is 2. The number of para-hydroxylation sites is 4. The van der Waals surface area contributed by atoms with Gasteiger partial charge in [-0.25, -0.2) is 9.13 Å². The predicted octanol–water partition coefficient (Wildman–Crippen LogP) is 8.40. The number of benzene rings is 5. The highest BCUT2D eigenvalue weighted by atomic mass is 31.2. The molecule has 0 amide bonds. The van der Waals surface area contributed by atoms with Crippen molar-refractivity contribution < 1.29 is 27.2 Å². The summed E-state index contributed by atoms with van der Waals surface area (Å²) < 4.78 is 50.5. The molecule has 0 spiro atoms. The zero-order chi connectivity index (χ0) is 29.1. The second-order valence-corrected chi connectivity index (χ2v) is 12.5. The van der Waals surface area contributed by atoms with Crippen LogP contribution in [0.5, 0.6) is 23.0 Å². The van der Waals surface area contributed by atoms with Crippen LogP contribution in [0.2, 0.25) is 0 Å². The third-order valence-corrected chi connectivity index (χ3v) is 8.75. The van der Waals surface area contributed by atoms with E-state index >= 15 is 0 Å². The molecule has 0 bridgehead atoms. The quantitative estimate of drug-likeness (QED) is 0.123. The Hall–Kier alpha value is -4.32. The zero-order valence-electron chi connectivity index (χ0n) is 22.6. The van der Waals surface area contributed by atoms with Crippen molar-refractivity contribution in [3.8, 4) is 23.0 Å². The van der Waals surface area contributed by atoms with Crippen LogP contribution in [0.3, 0.4) is 0 Å². The van der Waals surface area contributed by atoms with Crippen LogP contribution in [0.15, 0.2) is 146 Å². The Morgan fingerprint density at radius 1 is 0.381 bits per heavy atom. The first-order valence-corrected chi connectivity index (χ1v) is 16.3. The van der Waals surface area contributed by atoms with Crippen LogP contribution in [-0.2, 0) is 22.2 Å². The van der Waals surface area contributed by atoms with Crippen LogP contribution in [0.1, 0.15) is 11.1 Å². The van der Waals surface area contributed by atoms with Crippen molar-refractivity contribution in [2.75, 3.05) is 0 Å². The number of hydrogen-bond acceptors (Lipinski definition) is 6. The third kappa shape index (κ3) is 8.84. The lowest BCUT2D eigenvalue weighted by molar-refractivity contribution is 0.368. The van der Waals surface area contributed by atoms with E-state index in [1.54, 1.807) is 97.1 Å². The van der Waals surface area contributed by atoms with Crippen molar-refractivity contribution in [1.82, 2.24) is 10.2 Å². The van der Waals surface area contributed by atoms with E-state index in [2.05, 4.69) is 10.2 Å². The van der Waals surface area contributed by atoms with E-state index in [1.165, 1.54) is 0 Å². The van der Waals surface area contributed by atoms with Crippen molar-refractivity contribution in [1.29, 1.82) is 0 Å².